The Morgan fingerprint density at radius 3 is 2.53 bits per heavy atom. The molecule has 168 valence electrons. The van der Waals surface area contributed by atoms with E-state index in [1.165, 1.54) is 18.9 Å². The number of benzene rings is 2. The lowest BCUT2D eigenvalue weighted by atomic mass is 10.1. The number of hydrogen-bond acceptors (Lipinski definition) is 7. The van der Waals surface area contributed by atoms with Crippen LogP contribution < -0.4 is 14.2 Å². The summed E-state index contributed by atoms with van der Waals surface area (Å²) in [5.74, 6) is 0.622. The number of nitrogens with zero attached hydrogens (tertiary/aromatic N) is 1. The van der Waals surface area contributed by atoms with Crippen LogP contribution in [0, 0.1) is 0 Å². The zero-order valence-corrected chi connectivity index (χ0v) is 19.3. The summed E-state index contributed by atoms with van der Waals surface area (Å²) in [6, 6.07) is 12.9. The molecule has 1 heterocycles. The molecule has 1 aliphatic heterocycles. The van der Waals surface area contributed by atoms with Gasteiger partial charge in [-0.2, -0.15) is 0 Å². The lowest BCUT2D eigenvalue weighted by Crippen LogP contribution is -2.30. The topological polar surface area (TPSA) is 85.3 Å². The zero-order valence-electron chi connectivity index (χ0n) is 17.7. The molecule has 0 aliphatic carbocycles. The SMILES string of the molecule is COc1ccc(CCN2C(=O)/C(=C\c3ccc(OCCC(=O)O)c(OC)c3)SC2=S)cc1. The number of aliphatic carboxylic acids is 1. The van der Waals surface area contributed by atoms with Crippen molar-refractivity contribution in [2.45, 2.75) is 12.8 Å². The molecule has 0 spiro atoms. The van der Waals surface area contributed by atoms with E-state index in [4.69, 9.17) is 31.5 Å². The molecule has 32 heavy (non-hydrogen) atoms. The van der Waals surface area contributed by atoms with Crippen LogP contribution in [0.1, 0.15) is 17.5 Å². The average Bonchev–Trinajstić information content (AvgIpc) is 3.05. The smallest absolute Gasteiger partial charge is 0.306 e. The van der Waals surface area contributed by atoms with Crippen molar-refractivity contribution >= 4 is 46.3 Å². The van der Waals surface area contributed by atoms with Crippen LogP contribution in [0.5, 0.6) is 17.2 Å². The fourth-order valence-corrected chi connectivity index (χ4v) is 4.33. The van der Waals surface area contributed by atoms with Crippen LogP contribution in [0.25, 0.3) is 6.08 Å². The van der Waals surface area contributed by atoms with E-state index < -0.39 is 5.97 Å². The Kier molecular flexibility index (Phi) is 8.13. The molecule has 1 aliphatic rings. The number of methoxy groups -OCH3 is 2. The molecule has 0 aromatic heterocycles. The van der Waals surface area contributed by atoms with Gasteiger partial charge >= 0.3 is 5.97 Å². The van der Waals surface area contributed by atoms with Gasteiger partial charge < -0.3 is 19.3 Å². The van der Waals surface area contributed by atoms with E-state index in [2.05, 4.69) is 0 Å². The van der Waals surface area contributed by atoms with Crippen molar-refractivity contribution in [1.82, 2.24) is 4.90 Å². The summed E-state index contributed by atoms with van der Waals surface area (Å²) in [5.41, 5.74) is 1.84. The lowest BCUT2D eigenvalue weighted by molar-refractivity contribution is -0.137. The minimum absolute atomic E-state index is 0.0396. The maximum absolute atomic E-state index is 12.9. The van der Waals surface area contributed by atoms with Crippen LogP contribution in [0.2, 0.25) is 0 Å². The van der Waals surface area contributed by atoms with Crippen molar-refractivity contribution in [2.24, 2.45) is 0 Å². The molecule has 1 amide bonds. The van der Waals surface area contributed by atoms with Gasteiger partial charge in [0.1, 0.15) is 10.1 Å². The molecule has 0 bridgehead atoms. The molecule has 0 unspecified atom stereocenters. The second-order valence-corrected chi connectivity index (χ2v) is 8.51. The molecule has 0 radical (unpaired) electrons. The van der Waals surface area contributed by atoms with Gasteiger partial charge in [-0.15, -0.1) is 0 Å². The third-order valence-electron chi connectivity index (χ3n) is 4.72. The number of rotatable bonds is 10. The average molecular weight is 474 g/mol. The molecule has 3 rings (SSSR count). The predicted molar refractivity (Wildman–Crippen MR) is 127 cm³/mol. The van der Waals surface area contributed by atoms with Crippen molar-refractivity contribution in [1.29, 1.82) is 0 Å². The maximum Gasteiger partial charge on any atom is 0.306 e. The summed E-state index contributed by atoms with van der Waals surface area (Å²) in [6.07, 6.45) is 2.33. The molecule has 7 nitrogen and oxygen atoms in total. The number of carbonyl (C=O) groups is 2. The summed E-state index contributed by atoms with van der Waals surface area (Å²) in [7, 11) is 3.12. The number of carboxylic acids is 1. The van der Waals surface area contributed by atoms with E-state index in [0.29, 0.717) is 33.7 Å². The van der Waals surface area contributed by atoms with Crippen LogP contribution in [0.3, 0.4) is 0 Å². The van der Waals surface area contributed by atoms with Gasteiger partial charge in [-0.25, -0.2) is 0 Å². The maximum atomic E-state index is 12.9. The molecule has 2 aromatic rings. The minimum atomic E-state index is -0.936. The highest BCUT2D eigenvalue weighted by molar-refractivity contribution is 8.26. The van der Waals surface area contributed by atoms with E-state index in [0.717, 1.165) is 16.9 Å². The van der Waals surface area contributed by atoms with Crippen LogP contribution in [-0.4, -0.2) is 53.6 Å². The molecule has 0 atom stereocenters. The van der Waals surface area contributed by atoms with E-state index >= 15 is 0 Å². The van der Waals surface area contributed by atoms with Crippen molar-refractivity contribution in [3.05, 3.63) is 58.5 Å². The fraction of sp³-hybridized carbons (Fsp3) is 0.261. The predicted octanol–water partition coefficient (Wildman–Crippen LogP) is 4.00. The molecular weight excluding hydrogens is 450 g/mol. The van der Waals surface area contributed by atoms with E-state index in [-0.39, 0.29) is 18.9 Å². The Bertz CT molecular complexity index is 1040. The number of hydrogen-bond donors (Lipinski definition) is 1. The normalized spacial score (nSPS) is 14.7. The highest BCUT2D eigenvalue weighted by Gasteiger charge is 2.31. The van der Waals surface area contributed by atoms with Crippen LogP contribution >= 0.6 is 24.0 Å². The summed E-state index contributed by atoms with van der Waals surface area (Å²) in [4.78, 5) is 25.7. The van der Waals surface area contributed by atoms with Gasteiger partial charge in [-0.3, -0.25) is 14.5 Å². The number of ether oxygens (including phenoxy) is 3. The first-order valence-corrected chi connectivity index (χ1v) is 11.0. The van der Waals surface area contributed by atoms with Crippen LogP contribution in [-0.2, 0) is 16.0 Å². The Labute approximate surface area is 196 Å². The van der Waals surface area contributed by atoms with Gasteiger partial charge in [-0.1, -0.05) is 42.2 Å². The molecular formula is C23H23NO6S2. The number of amides is 1. The highest BCUT2D eigenvalue weighted by atomic mass is 32.2. The monoisotopic (exact) mass is 473 g/mol. The minimum Gasteiger partial charge on any atom is -0.497 e. The number of carbonyl (C=O) groups excluding carboxylic acids is 1. The van der Waals surface area contributed by atoms with Crippen molar-refractivity contribution in [3.8, 4) is 17.2 Å². The Balaban J connectivity index is 1.67. The standard InChI is InChI=1S/C23H23NO6S2/c1-28-17-6-3-15(4-7-17)9-11-24-22(27)20(32-23(24)31)14-16-5-8-18(19(13-16)29-2)30-12-10-21(25)26/h3-8,13-14H,9-12H2,1-2H3,(H,25,26)/b20-14+. The van der Waals surface area contributed by atoms with Gasteiger partial charge in [-0.05, 0) is 47.9 Å². The molecule has 1 N–H and O–H groups in total. The van der Waals surface area contributed by atoms with Gasteiger partial charge in [0.2, 0.25) is 0 Å². The Morgan fingerprint density at radius 2 is 1.88 bits per heavy atom. The van der Waals surface area contributed by atoms with Crippen LogP contribution in [0.4, 0.5) is 0 Å². The Morgan fingerprint density at radius 1 is 1.12 bits per heavy atom. The van der Waals surface area contributed by atoms with Crippen molar-refractivity contribution in [3.63, 3.8) is 0 Å². The summed E-state index contributed by atoms with van der Waals surface area (Å²) < 4.78 is 16.5. The van der Waals surface area contributed by atoms with Crippen molar-refractivity contribution < 1.29 is 28.9 Å². The third-order valence-corrected chi connectivity index (χ3v) is 6.09. The number of carboxylic acid groups (broad SMARTS) is 1. The zero-order chi connectivity index (χ0) is 23.1. The Hall–Kier alpha value is -3.04. The lowest BCUT2D eigenvalue weighted by Gasteiger charge is -2.14. The summed E-state index contributed by atoms with van der Waals surface area (Å²) in [6.45, 7) is 0.534. The van der Waals surface area contributed by atoms with E-state index in [9.17, 15) is 9.59 Å². The van der Waals surface area contributed by atoms with Gasteiger partial charge in [0.25, 0.3) is 5.91 Å². The summed E-state index contributed by atoms with van der Waals surface area (Å²) >= 11 is 6.68. The first-order chi connectivity index (χ1) is 15.4. The fourth-order valence-electron chi connectivity index (χ4n) is 3.02. The van der Waals surface area contributed by atoms with E-state index in [1.807, 2.05) is 24.3 Å². The van der Waals surface area contributed by atoms with Gasteiger partial charge in [0, 0.05) is 6.54 Å². The van der Waals surface area contributed by atoms with E-state index in [1.54, 1.807) is 36.3 Å². The largest absolute Gasteiger partial charge is 0.497 e. The molecule has 0 saturated carbocycles. The first kappa shape index (κ1) is 23.6. The summed E-state index contributed by atoms with van der Waals surface area (Å²) in [5, 5.41) is 8.74. The van der Waals surface area contributed by atoms with Gasteiger partial charge in [0.05, 0.1) is 32.2 Å². The third kappa shape index (κ3) is 6.02. The second kappa shape index (κ2) is 11.0. The highest BCUT2D eigenvalue weighted by Crippen LogP contribution is 2.35. The first-order valence-electron chi connectivity index (χ1n) is 9.82. The second-order valence-electron chi connectivity index (χ2n) is 6.83. The van der Waals surface area contributed by atoms with Crippen molar-refractivity contribution in [2.75, 3.05) is 27.4 Å². The molecule has 9 heteroatoms. The van der Waals surface area contributed by atoms with Crippen LogP contribution in [0.15, 0.2) is 47.4 Å². The number of thiocarbonyl (C=S) groups is 1. The molecule has 2 aromatic carbocycles. The van der Waals surface area contributed by atoms with Gasteiger partial charge in [0.15, 0.2) is 11.5 Å². The number of thioether (sulfide) groups is 1. The molecule has 1 saturated heterocycles. The molecule has 1 fully saturated rings. The quantitative estimate of drug-likeness (QED) is 0.409.